The van der Waals surface area contributed by atoms with E-state index >= 15 is 0 Å². The molecule has 10 heteroatoms. The van der Waals surface area contributed by atoms with Gasteiger partial charge in [0.2, 0.25) is 5.91 Å². The summed E-state index contributed by atoms with van der Waals surface area (Å²) in [6.07, 6.45) is -4.93. The fourth-order valence-electron chi connectivity index (χ4n) is 3.79. The van der Waals surface area contributed by atoms with Gasteiger partial charge in [0.25, 0.3) is 0 Å². The third-order valence-corrected chi connectivity index (χ3v) is 5.38. The smallest absolute Gasteiger partial charge is 0.389 e. The summed E-state index contributed by atoms with van der Waals surface area (Å²) in [6, 6.07) is 9.30. The summed E-state index contributed by atoms with van der Waals surface area (Å²) in [5.74, 6) is 0.0234. The number of hydrogen-bond donors (Lipinski definition) is 4. The number of alkyl halides is 3. The number of nitrogens with zero attached hydrogens (tertiary/aromatic N) is 2. The van der Waals surface area contributed by atoms with Gasteiger partial charge in [0.05, 0.1) is 18.7 Å². The fourth-order valence-corrected chi connectivity index (χ4v) is 3.79. The summed E-state index contributed by atoms with van der Waals surface area (Å²) in [5, 5.41) is 26.3. The molecule has 0 radical (unpaired) electrons. The topological polar surface area (TPSA) is 97.7 Å². The summed E-state index contributed by atoms with van der Waals surface area (Å²) >= 11 is 0. The predicted octanol–water partition coefficient (Wildman–Crippen LogP) is 2.36. The van der Waals surface area contributed by atoms with E-state index in [-0.39, 0.29) is 26.1 Å². The highest BCUT2D eigenvalue weighted by Gasteiger charge is 2.36. The van der Waals surface area contributed by atoms with Gasteiger partial charge in [-0.05, 0) is 43.1 Å². The van der Waals surface area contributed by atoms with E-state index in [0.717, 1.165) is 11.1 Å². The molecular formula is C22H27F3N4O3. The number of nitrogens with one attached hydrogen (secondary N) is 2. The van der Waals surface area contributed by atoms with Gasteiger partial charge in [-0.1, -0.05) is 24.3 Å². The van der Waals surface area contributed by atoms with Crippen molar-refractivity contribution < 1.29 is 28.2 Å². The molecule has 0 aliphatic carbocycles. The minimum absolute atomic E-state index is 0.0316. The SMILES string of the molecule is C[C@H](NCCCC(F)(F)F)C(=O)N[C@H]1c2ccccc2-c2cccnc2N(CCO)C1O. The Morgan fingerprint density at radius 3 is 2.66 bits per heavy atom. The van der Waals surface area contributed by atoms with Crippen molar-refractivity contribution in [1.29, 1.82) is 0 Å². The van der Waals surface area contributed by atoms with Gasteiger partial charge < -0.3 is 25.7 Å². The number of anilines is 1. The van der Waals surface area contributed by atoms with Crippen molar-refractivity contribution in [1.82, 2.24) is 15.6 Å². The lowest BCUT2D eigenvalue weighted by Crippen LogP contribution is -2.51. The maximum atomic E-state index is 12.8. The second kappa shape index (κ2) is 10.3. The first-order chi connectivity index (χ1) is 15.2. The lowest BCUT2D eigenvalue weighted by molar-refractivity contribution is -0.135. The number of aromatic nitrogens is 1. The van der Waals surface area contributed by atoms with Crippen LogP contribution in [-0.2, 0) is 4.79 Å². The van der Waals surface area contributed by atoms with Gasteiger partial charge in [0.15, 0.2) is 6.23 Å². The van der Waals surface area contributed by atoms with Crippen LogP contribution in [0.15, 0.2) is 42.6 Å². The van der Waals surface area contributed by atoms with Crippen LogP contribution < -0.4 is 15.5 Å². The number of carbonyl (C=O) groups excluding carboxylic acids is 1. The Morgan fingerprint density at radius 2 is 1.94 bits per heavy atom. The molecule has 3 rings (SSSR count). The van der Waals surface area contributed by atoms with Crippen molar-refractivity contribution in [3.05, 3.63) is 48.2 Å². The van der Waals surface area contributed by atoms with E-state index in [1.165, 1.54) is 4.90 Å². The van der Waals surface area contributed by atoms with E-state index < -0.39 is 36.8 Å². The fraction of sp³-hybridized carbons (Fsp3) is 0.455. The van der Waals surface area contributed by atoms with Crippen LogP contribution in [0.3, 0.4) is 0 Å². The van der Waals surface area contributed by atoms with Gasteiger partial charge in [0.1, 0.15) is 5.82 Å². The zero-order chi connectivity index (χ0) is 23.3. The van der Waals surface area contributed by atoms with E-state index in [1.54, 1.807) is 31.3 Å². The van der Waals surface area contributed by atoms with E-state index in [2.05, 4.69) is 15.6 Å². The molecule has 1 aliphatic rings. The van der Waals surface area contributed by atoms with Crippen molar-refractivity contribution >= 4 is 11.7 Å². The number of aliphatic hydroxyl groups is 2. The molecule has 1 unspecified atom stereocenters. The van der Waals surface area contributed by atoms with Gasteiger partial charge >= 0.3 is 6.18 Å². The number of β-amino-alcohol motifs (C(OH)–C–C–N with tert-alkyl or cyclic N) is 1. The lowest BCUT2D eigenvalue weighted by Gasteiger charge is -2.33. The summed E-state index contributed by atoms with van der Waals surface area (Å²) in [7, 11) is 0. The van der Waals surface area contributed by atoms with Crippen molar-refractivity contribution in [2.75, 3.05) is 24.6 Å². The zero-order valence-corrected chi connectivity index (χ0v) is 17.6. The van der Waals surface area contributed by atoms with E-state index in [9.17, 15) is 28.2 Å². The van der Waals surface area contributed by atoms with Crippen molar-refractivity contribution in [3.8, 4) is 11.1 Å². The molecule has 0 saturated heterocycles. The molecule has 1 amide bonds. The lowest BCUT2D eigenvalue weighted by atomic mass is 9.95. The van der Waals surface area contributed by atoms with Crippen LogP contribution in [0, 0.1) is 0 Å². The van der Waals surface area contributed by atoms with E-state index in [4.69, 9.17) is 0 Å². The van der Waals surface area contributed by atoms with Gasteiger partial charge in [-0.15, -0.1) is 0 Å². The Balaban J connectivity index is 1.82. The third-order valence-electron chi connectivity index (χ3n) is 5.38. The van der Waals surface area contributed by atoms with Gasteiger partial charge in [-0.25, -0.2) is 4.98 Å². The molecule has 2 aromatic rings. The second-order valence-corrected chi connectivity index (χ2v) is 7.67. The van der Waals surface area contributed by atoms with Gasteiger partial charge in [0, 0.05) is 24.7 Å². The quantitative estimate of drug-likeness (QED) is 0.459. The highest BCUT2D eigenvalue weighted by molar-refractivity contribution is 5.84. The maximum Gasteiger partial charge on any atom is 0.389 e. The summed E-state index contributed by atoms with van der Waals surface area (Å²) in [6.45, 7) is 1.45. The molecule has 0 saturated carbocycles. The van der Waals surface area contributed by atoms with Gasteiger partial charge in [-0.2, -0.15) is 13.2 Å². The summed E-state index contributed by atoms with van der Waals surface area (Å²) in [4.78, 5) is 18.7. The molecule has 1 aromatic heterocycles. The summed E-state index contributed by atoms with van der Waals surface area (Å²) < 4.78 is 37.0. The highest BCUT2D eigenvalue weighted by Crippen LogP contribution is 2.40. The van der Waals surface area contributed by atoms with Gasteiger partial charge in [-0.3, -0.25) is 4.79 Å². The average molecular weight is 452 g/mol. The number of halogens is 3. The molecule has 1 aliphatic heterocycles. The molecule has 2 heterocycles. The monoisotopic (exact) mass is 452 g/mol. The number of fused-ring (bicyclic) bond motifs is 3. The Kier molecular flexibility index (Phi) is 7.70. The highest BCUT2D eigenvalue weighted by atomic mass is 19.4. The third kappa shape index (κ3) is 5.56. The molecule has 0 bridgehead atoms. The second-order valence-electron chi connectivity index (χ2n) is 7.67. The van der Waals surface area contributed by atoms with Crippen molar-refractivity contribution in [2.24, 2.45) is 0 Å². The van der Waals surface area contributed by atoms with Crippen LogP contribution in [0.1, 0.15) is 31.4 Å². The van der Waals surface area contributed by atoms with Crippen LogP contribution >= 0.6 is 0 Å². The predicted molar refractivity (Wildman–Crippen MR) is 114 cm³/mol. The molecule has 1 aromatic carbocycles. The molecule has 3 atom stereocenters. The molecular weight excluding hydrogens is 425 g/mol. The Morgan fingerprint density at radius 1 is 1.22 bits per heavy atom. The van der Waals surface area contributed by atoms with Crippen molar-refractivity contribution in [3.63, 3.8) is 0 Å². The maximum absolute atomic E-state index is 12.8. The number of pyridine rings is 1. The first-order valence-corrected chi connectivity index (χ1v) is 10.4. The van der Waals surface area contributed by atoms with Crippen LogP contribution in [0.4, 0.5) is 19.0 Å². The number of aliphatic hydroxyl groups excluding tert-OH is 2. The Hall–Kier alpha value is -2.69. The Bertz CT molecular complexity index is 925. The Labute approximate surface area is 184 Å². The van der Waals surface area contributed by atoms with E-state index in [0.29, 0.717) is 11.4 Å². The summed E-state index contributed by atoms with van der Waals surface area (Å²) in [5.41, 5.74) is 2.21. The molecule has 7 nitrogen and oxygen atoms in total. The molecule has 0 spiro atoms. The number of carbonyl (C=O) groups is 1. The zero-order valence-electron chi connectivity index (χ0n) is 17.6. The minimum atomic E-state index is -4.24. The molecule has 0 fully saturated rings. The van der Waals surface area contributed by atoms with Crippen molar-refractivity contribution in [2.45, 2.75) is 44.3 Å². The number of amides is 1. The molecule has 4 N–H and O–H groups in total. The number of hydrogen-bond acceptors (Lipinski definition) is 6. The minimum Gasteiger partial charge on any atom is -0.395 e. The van der Waals surface area contributed by atoms with Crippen LogP contribution in [0.5, 0.6) is 0 Å². The normalized spacial score (nSPS) is 19.0. The number of benzene rings is 1. The first-order valence-electron chi connectivity index (χ1n) is 10.4. The van der Waals surface area contributed by atoms with Crippen LogP contribution in [0.25, 0.3) is 11.1 Å². The van der Waals surface area contributed by atoms with Crippen LogP contribution in [0.2, 0.25) is 0 Å². The average Bonchev–Trinajstić information content (AvgIpc) is 2.86. The standard InChI is InChI=1S/C22H27F3N4O3/c1-14(26-11-5-9-22(23,24)25)20(31)28-18-16-7-3-2-6-15(16)17-8-4-10-27-19(17)29(12-13-30)21(18)32/h2-4,6-8,10,14,18,21,26,30,32H,5,9,11-13H2,1H3,(H,28,31)/t14-,18-,21?/m0/s1. The first kappa shape index (κ1) is 24.0. The number of rotatable bonds is 8. The molecule has 174 valence electrons. The largest absolute Gasteiger partial charge is 0.395 e. The molecule has 32 heavy (non-hydrogen) atoms. The van der Waals surface area contributed by atoms with E-state index in [1.807, 2.05) is 18.2 Å². The van der Waals surface area contributed by atoms with Crippen LogP contribution in [-0.4, -0.2) is 59.2 Å².